The molecule has 0 amide bonds. The lowest BCUT2D eigenvalue weighted by atomic mass is 10.2. The number of aryl methyl sites for hydroxylation is 1. The SMILES string of the molecule is Cc1ccc(S(=O)(=O)NCc2cncc(-c3ccco3)c2)cc1Cl. The van der Waals surface area contributed by atoms with Crippen molar-refractivity contribution < 1.29 is 12.8 Å². The van der Waals surface area contributed by atoms with Crippen LogP contribution in [0.15, 0.2) is 64.4 Å². The van der Waals surface area contributed by atoms with Gasteiger partial charge in [0.2, 0.25) is 10.0 Å². The van der Waals surface area contributed by atoms with Crippen molar-refractivity contribution in [2.45, 2.75) is 18.4 Å². The van der Waals surface area contributed by atoms with Gasteiger partial charge in [-0.3, -0.25) is 4.98 Å². The van der Waals surface area contributed by atoms with Crippen molar-refractivity contribution in [3.05, 3.63) is 71.2 Å². The first-order valence-electron chi connectivity index (χ1n) is 7.19. The molecule has 24 heavy (non-hydrogen) atoms. The van der Waals surface area contributed by atoms with Gasteiger partial charge in [0.1, 0.15) is 5.76 Å². The fourth-order valence-electron chi connectivity index (χ4n) is 2.16. The molecule has 3 rings (SSSR count). The maximum absolute atomic E-state index is 12.4. The van der Waals surface area contributed by atoms with Gasteiger partial charge in [-0.15, -0.1) is 0 Å². The molecular weight excluding hydrogens is 348 g/mol. The van der Waals surface area contributed by atoms with E-state index in [0.29, 0.717) is 10.8 Å². The van der Waals surface area contributed by atoms with Crippen LogP contribution in [-0.4, -0.2) is 13.4 Å². The van der Waals surface area contributed by atoms with E-state index in [0.717, 1.165) is 16.7 Å². The van der Waals surface area contributed by atoms with E-state index in [1.54, 1.807) is 30.8 Å². The van der Waals surface area contributed by atoms with E-state index in [1.807, 2.05) is 19.1 Å². The molecule has 0 saturated heterocycles. The molecule has 0 saturated carbocycles. The van der Waals surface area contributed by atoms with Crippen molar-refractivity contribution in [1.29, 1.82) is 0 Å². The lowest BCUT2D eigenvalue weighted by Gasteiger charge is -2.08. The summed E-state index contributed by atoms with van der Waals surface area (Å²) in [6.07, 6.45) is 4.85. The second-order valence-electron chi connectivity index (χ2n) is 5.29. The third kappa shape index (κ3) is 3.67. The second kappa shape index (κ2) is 6.76. The molecule has 0 atom stereocenters. The summed E-state index contributed by atoms with van der Waals surface area (Å²) >= 11 is 6.00. The second-order valence-corrected chi connectivity index (χ2v) is 7.47. The molecule has 0 aliphatic heterocycles. The molecule has 1 N–H and O–H groups in total. The van der Waals surface area contributed by atoms with E-state index in [-0.39, 0.29) is 11.4 Å². The van der Waals surface area contributed by atoms with Gasteiger partial charge in [-0.25, -0.2) is 13.1 Å². The van der Waals surface area contributed by atoms with Crippen molar-refractivity contribution in [3.8, 4) is 11.3 Å². The van der Waals surface area contributed by atoms with Crippen LogP contribution in [0.3, 0.4) is 0 Å². The van der Waals surface area contributed by atoms with Gasteiger partial charge in [0.15, 0.2) is 0 Å². The third-order valence-corrected chi connectivity index (χ3v) is 5.33. The Hall–Kier alpha value is -2.15. The van der Waals surface area contributed by atoms with E-state index < -0.39 is 10.0 Å². The average Bonchev–Trinajstić information content (AvgIpc) is 3.10. The number of benzene rings is 1. The van der Waals surface area contributed by atoms with E-state index in [4.69, 9.17) is 16.0 Å². The summed E-state index contributed by atoms with van der Waals surface area (Å²) in [7, 11) is -3.65. The van der Waals surface area contributed by atoms with E-state index in [2.05, 4.69) is 9.71 Å². The Kier molecular flexibility index (Phi) is 4.71. The predicted molar refractivity (Wildman–Crippen MR) is 92.2 cm³/mol. The Labute approximate surface area is 145 Å². The lowest BCUT2D eigenvalue weighted by Crippen LogP contribution is -2.23. The summed E-state index contributed by atoms with van der Waals surface area (Å²) in [4.78, 5) is 4.26. The predicted octanol–water partition coefficient (Wildman–Crippen LogP) is 3.78. The molecule has 0 fully saturated rings. The minimum atomic E-state index is -3.65. The minimum absolute atomic E-state index is 0.120. The van der Waals surface area contributed by atoms with Crippen molar-refractivity contribution in [2.75, 3.05) is 0 Å². The number of halogens is 1. The van der Waals surface area contributed by atoms with Gasteiger partial charge in [-0.05, 0) is 48.4 Å². The normalized spacial score (nSPS) is 11.6. The molecule has 0 bridgehead atoms. The molecule has 1 aromatic carbocycles. The summed E-state index contributed by atoms with van der Waals surface area (Å²) in [6, 6.07) is 10.1. The molecule has 0 aliphatic rings. The van der Waals surface area contributed by atoms with Crippen molar-refractivity contribution >= 4 is 21.6 Å². The van der Waals surface area contributed by atoms with Gasteiger partial charge < -0.3 is 4.42 Å². The van der Waals surface area contributed by atoms with Crippen LogP contribution < -0.4 is 4.72 Å². The highest BCUT2D eigenvalue weighted by atomic mass is 35.5. The lowest BCUT2D eigenvalue weighted by molar-refractivity contribution is 0.580. The Morgan fingerprint density at radius 3 is 2.75 bits per heavy atom. The first-order valence-corrected chi connectivity index (χ1v) is 9.05. The van der Waals surface area contributed by atoms with Gasteiger partial charge in [-0.2, -0.15) is 0 Å². The monoisotopic (exact) mass is 362 g/mol. The number of nitrogens with one attached hydrogen (secondary N) is 1. The van der Waals surface area contributed by atoms with Gasteiger partial charge in [0.25, 0.3) is 0 Å². The minimum Gasteiger partial charge on any atom is -0.464 e. The first kappa shape index (κ1) is 16.7. The molecular formula is C17H15ClN2O3S. The van der Waals surface area contributed by atoms with Crippen LogP contribution in [0.1, 0.15) is 11.1 Å². The van der Waals surface area contributed by atoms with Gasteiger partial charge in [-0.1, -0.05) is 17.7 Å². The maximum atomic E-state index is 12.4. The molecule has 0 aliphatic carbocycles. The molecule has 0 unspecified atom stereocenters. The molecule has 0 radical (unpaired) electrons. The molecule has 2 aromatic heterocycles. The largest absolute Gasteiger partial charge is 0.464 e. The number of hydrogen-bond acceptors (Lipinski definition) is 4. The number of furan rings is 1. The zero-order valence-electron chi connectivity index (χ0n) is 12.9. The summed E-state index contributed by atoms with van der Waals surface area (Å²) < 4.78 is 32.6. The Morgan fingerprint density at radius 2 is 2.04 bits per heavy atom. The van der Waals surface area contributed by atoms with E-state index in [1.165, 1.54) is 12.1 Å². The first-order chi connectivity index (χ1) is 11.5. The van der Waals surface area contributed by atoms with Crippen LogP contribution in [0.4, 0.5) is 0 Å². The van der Waals surface area contributed by atoms with Gasteiger partial charge in [0, 0.05) is 29.5 Å². The Balaban J connectivity index is 1.77. The smallest absolute Gasteiger partial charge is 0.240 e. The number of nitrogens with zero attached hydrogens (tertiary/aromatic N) is 1. The zero-order valence-corrected chi connectivity index (χ0v) is 14.4. The van der Waals surface area contributed by atoms with Crippen LogP contribution in [-0.2, 0) is 16.6 Å². The number of aromatic nitrogens is 1. The molecule has 2 heterocycles. The average molecular weight is 363 g/mol. The Morgan fingerprint density at radius 1 is 1.21 bits per heavy atom. The summed E-state index contributed by atoms with van der Waals surface area (Å²) in [6.45, 7) is 1.94. The van der Waals surface area contributed by atoms with Crippen LogP contribution in [0.25, 0.3) is 11.3 Å². The van der Waals surface area contributed by atoms with E-state index in [9.17, 15) is 8.42 Å². The number of hydrogen-bond donors (Lipinski definition) is 1. The van der Waals surface area contributed by atoms with Gasteiger partial charge >= 0.3 is 0 Å². The summed E-state index contributed by atoms with van der Waals surface area (Å²) in [5.41, 5.74) is 2.34. The number of sulfonamides is 1. The highest BCUT2D eigenvalue weighted by Crippen LogP contribution is 2.21. The van der Waals surface area contributed by atoms with Crippen molar-refractivity contribution in [3.63, 3.8) is 0 Å². The molecule has 0 spiro atoms. The topological polar surface area (TPSA) is 72.2 Å². The maximum Gasteiger partial charge on any atom is 0.240 e. The quantitative estimate of drug-likeness (QED) is 0.749. The summed E-state index contributed by atoms with van der Waals surface area (Å²) in [5, 5.41) is 0.416. The molecule has 124 valence electrons. The molecule has 3 aromatic rings. The van der Waals surface area contributed by atoms with Crippen LogP contribution in [0.5, 0.6) is 0 Å². The van der Waals surface area contributed by atoms with Crippen molar-refractivity contribution in [2.24, 2.45) is 0 Å². The zero-order chi connectivity index (χ0) is 17.2. The number of pyridine rings is 1. The summed E-state index contributed by atoms with van der Waals surface area (Å²) in [5.74, 6) is 0.678. The standard InChI is InChI=1S/C17H15ClN2O3S/c1-12-4-5-15(8-16(12)18)24(21,22)20-10-13-7-14(11-19-9-13)17-3-2-6-23-17/h2-9,11,20H,10H2,1H3. The fraction of sp³-hybridized carbons (Fsp3) is 0.118. The third-order valence-electron chi connectivity index (χ3n) is 3.52. The van der Waals surface area contributed by atoms with Crippen LogP contribution >= 0.6 is 11.6 Å². The Bertz CT molecular complexity index is 954. The number of rotatable bonds is 5. The molecule has 5 nitrogen and oxygen atoms in total. The van der Waals surface area contributed by atoms with Crippen LogP contribution in [0.2, 0.25) is 5.02 Å². The van der Waals surface area contributed by atoms with E-state index >= 15 is 0 Å². The van der Waals surface area contributed by atoms with Crippen molar-refractivity contribution in [1.82, 2.24) is 9.71 Å². The molecule has 7 heteroatoms. The van der Waals surface area contributed by atoms with Gasteiger partial charge in [0.05, 0.1) is 11.2 Å². The fourth-order valence-corrected chi connectivity index (χ4v) is 3.45. The van der Waals surface area contributed by atoms with Crippen LogP contribution in [0, 0.1) is 6.92 Å². The highest BCUT2D eigenvalue weighted by Gasteiger charge is 2.15. The highest BCUT2D eigenvalue weighted by molar-refractivity contribution is 7.89.